The average Bonchev–Trinajstić information content (AvgIpc) is 3.11. The Morgan fingerprint density at radius 1 is 1.07 bits per heavy atom. The summed E-state index contributed by atoms with van der Waals surface area (Å²) in [5, 5.41) is 4.63. The molecule has 0 bridgehead atoms. The van der Waals surface area contributed by atoms with Gasteiger partial charge in [-0.15, -0.1) is 0 Å². The molecule has 4 rings (SSSR count). The maximum atomic E-state index is 12.1. The first-order valence-electron chi connectivity index (χ1n) is 8.68. The molecule has 0 saturated heterocycles. The summed E-state index contributed by atoms with van der Waals surface area (Å²) in [6.07, 6.45) is 2.92. The highest BCUT2D eigenvalue weighted by Crippen LogP contribution is 2.28. The average molecular weight is 429 g/mol. The molecule has 7 nitrogen and oxygen atoms in total. The van der Waals surface area contributed by atoms with Crippen molar-refractivity contribution >= 4 is 32.5 Å². The standard InChI is InChI=1S/C20H17ClN4O3S/c1-28-14-9-7-13(8-10-14)11-25-12-16-18(24-25)19(21)23-20(22-16)15-5-3-4-6-17(15)29(2,26)27/h3-10,12H,11H2,1-2H3. The Hall–Kier alpha value is -2.97. The van der Waals surface area contributed by atoms with Gasteiger partial charge in [-0.25, -0.2) is 18.4 Å². The van der Waals surface area contributed by atoms with E-state index in [9.17, 15) is 8.42 Å². The number of rotatable bonds is 5. The van der Waals surface area contributed by atoms with Crippen molar-refractivity contribution in [3.63, 3.8) is 0 Å². The second-order valence-corrected chi connectivity index (χ2v) is 8.86. The predicted octanol–water partition coefficient (Wildman–Crippen LogP) is 3.61. The summed E-state index contributed by atoms with van der Waals surface area (Å²) in [5.41, 5.74) is 2.43. The zero-order valence-electron chi connectivity index (χ0n) is 15.7. The molecule has 0 radical (unpaired) electrons. The van der Waals surface area contributed by atoms with E-state index in [1.807, 2.05) is 24.3 Å². The third-order valence-electron chi connectivity index (χ3n) is 4.40. The van der Waals surface area contributed by atoms with Crippen LogP contribution in [-0.2, 0) is 16.4 Å². The van der Waals surface area contributed by atoms with Gasteiger partial charge in [-0.3, -0.25) is 4.68 Å². The van der Waals surface area contributed by atoms with Crippen LogP contribution in [0.25, 0.3) is 22.4 Å². The van der Waals surface area contributed by atoms with E-state index < -0.39 is 9.84 Å². The summed E-state index contributed by atoms with van der Waals surface area (Å²) in [5.74, 6) is 1.02. The van der Waals surface area contributed by atoms with Crippen molar-refractivity contribution in [1.29, 1.82) is 0 Å². The first-order chi connectivity index (χ1) is 13.8. The van der Waals surface area contributed by atoms with Gasteiger partial charge in [0.2, 0.25) is 0 Å². The number of benzene rings is 2. The van der Waals surface area contributed by atoms with Crippen LogP contribution < -0.4 is 4.74 Å². The van der Waals surface area contributed by atoms with E-state index in [2.05, 4.69) is 15.1 Å². The van der Waals surface area contributed by atoms with E-state index in [1.54, 1.807) is 36.2 Å². The molecule has 0 fully saturated rings. The number of fused-ring (bicyclic) bond motifs is 1. The molecule has 0 spiro atoms. The highest BCUT2D eigenvalue weighted by molar-refractivity contribution is 7.90. The fraction of sp³-hybridized carbons (Fsp3) is 0.150. The maximum Gasteiger partial charge on any atom is 0.176 e. The lowest BCUT2D eigenvalue weighted by molar-refractivity contribution is 0.414. The number of halogens is 1. The van der Waals surface area contributed by atoms with Crippen molar-refractivity contribution in [3.05, 3.63) is 65.4 Å². The van der Waals surface area contributed by atoms with Crippen molar-refractivity contribution in [2.75, 3.05) is 13.4 Å². The molecule has 0 amide bonds. The van der Waals surface area contributed by atoms with Gasteiger partial charge in [-0.2, -0.15) is 5.10 Å². The van der Waals surface area contributed by atoms with E-state index in [0.29, 0.717) is 23.1 Å². The number of methoxy groups -OCH3 is 1. The molecule has 0 N–H and O–H groups in total. The largest absolute Gasteiger partial charge is 0.497 e. The fourth-order valence-electron chi connectivity index (χ4n) is 3.02. The zero-order valence-corrected chi connectivity index (χ0v) is 17.3. The predicted molar refractivity (Wildman–Crippen MR) is 111 cm³/mol. The van der Waals surface area contributed by atoms with Crippen LogP contribution in [0.2, 0.25) is 5.15 Å². The third-order valence-corrected chi connectivity index (χ3v) is 5.82. The Balaban J connectivity index is 1.75. The van der Waals surface area contributed by atoms with E-state index in [0.717, 1.165) is 17.6 Å². The molecule has 2 aromatic carbocycles. The van der Waals surface area contributed by atoms with Crippen LogP contribution in [0, 0.1) is 0 Å². The number of sulfone groups is 1. The molecule has 0 aliphatic carbocycles. The summed E-state index contributed by atoms with van der Waals surface area (Å²) in [7, 11) is -1.82. The first-order valence-corrected chi connectivity index (χ1v) is 10.9. The molecule has 0 unspecified atom stereocenters. The lowest BCUT2D eigenvalue weighted by Gasteiger charge is -2.06. The molecule has 0 aliphatic heterocycles. The van der Waals surface area contributed by atoms with Crippen LogP contribution >= 0.6 is 11.6 Å². The molecular weight excluding hydrogens is 412 g/mol. The van der Waals surface area contributed by atoms with Crippen LogP contribution in [0.15, 0.2) is 59.6 Å². The van der Waals surface area contributed by atoms with E-state index in [4.69, 9.17) is 16.3 Å². The maximum absolute atomic E-state index is 12.1. The van der Waals surface area contributed by atoms with Gasteiger partial charge in [-0.1, -0.05) is 35.9 Å². The van der Waals surface area contributed by atoms with Crippen LogP contribution in [0.3, 0.4) is 0 Å². The Labute approximate surface area is 172 Å². The highest BCUT2D eigenvalue weighted by Gasteiger charge is 2.18. The summed E-state index contributed by atoms with van der Waals surface area (Å²) in [6.45, 7) is 0.520. The van der Waals surface area contributed by atoms with E-state index in [1.165, 1.54) is 6.07 Å². The van der Waals surface area contributed by atoms with Gasteiger partial charge in [0.1, 0.15) is 16.8 Å². The smallest absolute Gasteiger partial charge is 0.176 e. The summed E-state index contributed by atoms with van der Waals surface area (Å²) < 4.78 is 31.1. The number of hydrogen-bond donors (Lipinski definition) is 0. The molecule has 0 saturated carbocycles. The van der Waals surface area contributed by atoms with Gasteiger partial charge in [-0.05, 0) is 29.8 Å². The Morgan fingerprint density at radius 3 is 2.48 bits per heavy atom. The van der Waals surface area contributed by atoms with E-state index in [-0.39, 0.29) is 15.9 Å². The highest BCUT2D eigenvalue weighted by atomic mass is 35.5. The quantitative estimate of drug-likeness (QED) is 0.451. The van der Waals surface area contributed by atoms with Crippen LogP contribution in [0.5, 0.6) is 5.75 Å². The summed E-state index contributed by atoms with van der Waals surface area (Å²) in [6, 6.07) is 14.2. The lowest BCUT2D eigenvalue weighted by atomic mass is 10.2. The van der Waals surface area contributed by atoms with Crippen molar-refractivity contribution in [2.24, 2.45) is 0 Å². The molecule has 2 heterocycles. The SMILES string of the molecule is COc1ccc(Cn2cc3nc(-c4ccccc4S(C)(=O)=O)nc(Cl)c3n2)cc1. The lowest BCUT2D eigenvalue weighted by Crippen LogP contribution is -2.02. The number of ether oxygens (including phenoxy) is 1. The minimum Gasteiger partial charge on any atom is -0.497 e. The molecular formula is C20H17ClN4O3S. The van der Waals surface area contributed by atoms with Crippen molar-refractivity contribution in [2.45, 2.75) is 11.4 Å². The zero-order chi connectivity index (χ0) is 20.6. The normalized spacial score (nSPS) is 11.7. The number of hydrogen-bond acceptors (Lipinski definition) is 6. The van der Waals surface area contributed by atoms with Gasteiger partial charge >= 0.3 is 0 Å². The topological polar surface area (TPSA) is 87.0 Å². The second-order valence-electron chi connectivity index (χ2n) is 6.51. The minimum atomic E-state index is -3.44. The molecule has 9 heteroatoms. The molecule has 2 aromatic heterocycles. The van der Waals surface area contributed by atoms with Crippen LogP contribution in [0.1, 0.15) is 5.56 Å². The van der Waals surface area contributed by atoms with Gasteiger partial charge in [0.25, 0.3) is 0 Å². The monoisotopic (exact) mass is 428 g/mol. The molecule has 0 atom stereocenters. The number of aromatic nitrogens is 4. The summed E-state index contributed by atoms with van der Waals surface area (Å²) >= 11 is 6.34. The van der Waals surface area contributed by atoms with E-state index >= 15 is 0 Å². The number of nitrogens with zero attached hydrogens (tertiary/aromatic N) is 4. The second kappa shape index (κ2) is 7.46. The van der Waals surface area contributed by atoms with Crippen LogP contribution in [-0.4, -0.2) is 41.5 Å². The third kappa shape index (κ3) is 3.94. The molecule has 29 heavy (non-hydrogen) atoms. The molecule has 4 aromatic rings. The fourth-order valence-corrected chi connectivity index (χ4v) is 4.12. The van der Waals surface area contributed by atoms with Crippen LogP contribution in [0.4, 0.5) is 0 Å². The molecule has 148 valence electrons. The van der Waals surface area contributed by atoms with Gasteiger partial charge < -0.3 is 4.74 Å². The Bertz CT molecular complexity index is 1300. The van der Waals surface area contributed by atoms with Gasteiger partial charge in [0.15, 0.2) is 20.8 Å². The Kier molecular flexibility index (Phi) is 4.97. The minimum absolute atomic E-state index is 0.154. The summed E-state index contributed by atoms with van der Waals surface area (Å²) in [4.78, 5) is 8.95. The molecule has 0 aliphatic rings. The van der Waals surface area contributed by atoms with Crippen molar-refractivity contribution in [3.8, 4) is 17.1 Å². The Morgan fingerprint density at radius 2 is 1.79 bits per heavy atom. The van der Waals surface area contributed by atoms with Crippen molar-refractivity contribution < 1.29 is 13.2 Å². The van der Waals surface area contributed by atoms with Gasteiger partial charge in [0.05, 0.1) is 24.7 Å². The first kappa shape index (κ1) is 19.4. The van der Waals surface area contributed by atoms with Crippen molar-refractivity contribution in [1.82, 2.24) is 19.7 Å². The van der Waals surface area contributed by atoms with Gasteiger partial charge in [0, 0.05) is 11.8 Å².